The number of para-hydroxylation sites is 3. The van der Waals surface area contributed by atoms with Gasteiger partial charge in [-0.1, -0.05) is 42.5 Å². The number of amides is 1. The number of carbonyl (C=O) groups is 1. The second-order valence-corrected chi connectivity index (χ2v) is 6.94. The fourth-order valence-corrected chi connectivity index (χ4v) is 4.12. The van der Waals surface area contributed by atoms with Crippen LogP contribution in [0.15, 0.2) is 65.4 Å². The van der Waals surface area contributed by atoms with E-state index in [1.54, 1.807) is 4.90 Å². The molecule has 2 aliphatic heterocycles. The summed E-state index contributed by atoms with van der Waals surface area (Å²) < 4.78 is 6.49. The van der Waals surface area contributed by atoms with Crippen LogP contribution in [0.5, 0.6) is 5.75 Å². The topological polar surface area (TPSA) is 32.8 Å². The van der Waals surface area contributed by atoms with Crippen molar-refractivity contribution in [1.82, 2.24) is 0 Å². The molecule has 0 unspecified atom stereocenters. The van der Waals surface area contributed by atoms with Gasteiger partial charge < -0.3 is 9.64 Å². The summed E-state index contributed by atoms with van der Waals surface area (Å²) in [6.45, 7) is 2.74. The van der Waals surface area contributed by atoms with E-state index in [4.69, 9.17) is 17.0 Å². The number of ether oxygens (including phenoxy) is 1. The zero-order valence-electron chi connectivity index (χ0n) is 12.9. The Kier molecular flexibility index (Phi) is 3.78. The van der Waals surface area contributed by atoms with Gasteiger partial charge in [-0.3, -0.25) is 9.69 Å². The van der Waals surface area contributed by atoms with Crippen LogP contribution >= 0.6 is 24.0 Å². The van der Waals surface area contributed by atoms with Crippen LogP contribution in [-0.4, -0.2) is 16.8 Å². The van der Waals surface area contributed by atoms with E-state index in [-0.39, 0.29) is 5.91 Å². The first-order valence-corrected chi connectivity index (χ1v) is 8.83. The molecule has 2 heterocycles. The second-order valence-electron chi connectivity index (χ2n) is 5.29. The van der Waals surface area contributed by atoms with E-state index < -0.39 is 0 Å². The molecule has 0 radical (unpaired) electrons. The molecule has 0 spiro atoms. The summed E-state index contributed by atoms with van der Waals surface area (Å²) in [7, 11) is 0. The minimum Gasteiger partial charge on any atom is -0.437 e. The Bertz CT molecular complexity index is 864. The molecule has 0 atom stereocenters. The summed E-state index contributed by atoms with van der Waals surface area (Å²) in [5.74, 6) is 1.19. The van der Waals surface area contributed by atoms with Crippen molar-refractivity contribution in [1.29, 1.82) is 0 Å². The SMILES string of the molecule is CCN1C(=C2SC(=S)N(c3ccccc3)C2=O)Oc2ccccc21. The largest absolute Gasteiger partial charge is 0.437 e. The van der Waals surface area contributed by atoms with Gasteiger partial charge in [-0.2, -0.15) is 0 Å². The van der Waals surface area contributed by atoms with Crippen molar-refractivity contribution in [3.63, 3.8) is 0 Å². The van der Waals surface area contributed by atoms with Gasteiger partial charge in [0.05, 0.1) is 11.4 Å². The van der Waals surface area contributed by atoms with E-state index in [9.17, 15) is 4.79 Å². The van der Waals surface area contributed by atoms with Crippen LogP contribution in [0, 0.1) is 0 Å². The zero-order valence-corrected chi connectivity index (χ0v) is 14.6. The van der Waals surface area contributed by atoms with Crippen LogP contribution in [0.1, 0.15) is 6.92 Å². The third-order valence-electron chi connectivity index (χ3n) is 3.90. The van der Waals surface area contributed by atoms with Crippen LogP contribution in [0.3, 0.4) is 0 Å². The lowest BCUT2D eigenvalue weighted by Crippen LogP contribution is -2.29. The maximum Gasteiger partial charge on any atom is 0.276 e. The predicted molar refractivity (Wildman–Crippen MR) is 101 cm³/mol. The van der Waals surface area contributed by atoms with E-state index in [2.05, 4.69) is 0 Å². The molecule has 1 fully saturated rings. The molecule has 1 amide bonds. The maximum absolute atomic E-state index is 13.0. The summed E-state index contributed by atoms with van der Waals surface area (Å²) in [6, 6.07) is 17.2. The minimum absolute atomic E-state index is 0.141. The highest BCUT2D eigenvalue weighted by atomic mass is 32.2. The number of fused-ring (bicyclic) bond motifs is 1. The number of rotatable bonds is 2. The number of thioether (sulfide) groups is 1. The Labute approximate surface area is 149 Å². The molecule has 0 aromatic heterocycles. The molecule has 2 aliphatic rings. The lowest BCUT2D eigenvalue weighted by Gasteiger charge is -2.17. The molecule has 2 aromatic rings. The number of hydrogen-bond donors (Lipinski definition) is 0. The quantitative estimate of drug-likeness (QED) is 0.598. The standard InChI is InChI=1S/C18H14N2O2S2/c1-2-19-13-10-6-7-11-14(13)22-17(19)15-16(21)20(18(23)24-15)12-8-4-3-5-9-12/h3-11H,2H2,1H3. The summed E-state index contributed by atoms with van der Waals surface area (Å²) in [4.78, 5) is 17.1. The van der Waals surface area contributed by atoms with Gasteiger partial charge in [0.15, 0.2) is 10.1 Å². The molecule has 0 bridgehead atoms. The monoisotopic (exact) mass is 354 g/mol. The Morgan fingerprint density at radius 2 is 1.79 bits per heavy atom. The van der Waals surface area contributed by atoms with Gasteiger partial charge in [-0.15, -0.1) is 0 Å². The van der Waals surface area contributed by atoms with Gasteiger partial charge in [0.1, 0.15) is 4.91 Å². The average Bonchev–Trinajstić information content (AvgIpc) is 3.12. The molecule has 4 nitrogen and oxygen atoms in total. The molecular formula is C18H14N2O2S2. The third kappa shape index (κ3) is 2.30. The number of benzene rings is 2. The number of anilines is 2. The third-order valence-corrected chi connectivity index (χ3v) is 5.25. The molecule has 0 aliphatic carbocycles. The summed E-state index contributed by atoms with van der Waals surface area (Å²) in [5.41, 5.74) is 1.74. The van der Waals surface area contributed by atoms with Crippen molar-refractivity contribution in [2.45, 2.75) is 6.92 Å². The van der Waals surface area contributed by atoms with Crippen molar-refractivity contribution in [2.75, 3.05) is 16.3 Å². The fraction of sp³-hybridized carbons (Fsp3) is 0.111. The smallest absolute Gasteiger partial charge is 0.276 e. The summed E-state index contributed by atoms with van der Waals surface area (Å²) >= 11 is 6.72. The van der Waals surface area contributed by atoms with E-state index in [1.165, 1.54) is 11.8 Å². The zero-order chi connectivity index (χ0) is 16.7. The Morgan fingerprint density at radius 1 is 1.08 bits per heavy atom. The average molecular weight is 354 g/mol. The highest BCUT2D eigenvalue weighted by molar-refractivity contribution is 8.27. The van der Waals surface area contributed by atoms with E-state index in [1.807, 2.05) is 66.4 Å². The van der Waals surface area contributed by atoms with Crippen molar-refractivity contribution in [2.24, 2.45) is 0 Å². The molecule has 6 heteroatoms. The first-order chi connectivity index (χ1) is 11.7. The van der Waals surface area contributed by atoms with Gasteiger partial charge >= 0.3 is 0 Å². The van der Waals surface area contributed by atoms with Crippen LogP contribution in [-0.2, 0) is 4.79 Å². The molecule has 0 saturated carbocycles. The summed E-state index contributed by atoms with van der Waals surface area (Å²) in [5, 5.41) is 0. The van der Waals surface area contributed by atoms with E-state index >= 15 is 0 Å². The Balaban J connectivity index is 1.77. The number of nitrogens with zero attached hydrogens (tertiary/aromatic N) is 2. The van der Waals surface area contributed by atoms with Crippen LogP contribution in [0.2, 0.25) is 0 Å². The van der Waals surface area contributed by atoms with Gasteiger partial charge in [0.2, 0.25) is 5.88 Å². The van der Waals surface area contributed by atoms with Crippen molar-refractivity contribution in [3.05, 3.63) is 65.4 Å². The number of carbonyl (C=O) groups excluding carboxylic acids is 1. The van der Waals surface area contributed by atoms with E-state index in [0.717, 1.165) is 17.1 Å². The van der Waals surface area contributed by atoms with Crippen LogP contribution in [0.4, 0.5) is 11.4 Å². The highest BCUT2D eigenvalue weighted by Gasteiger charge is 2.40. The maximum atomic E-state index is 13.0. The highest BCUT2D eigenvalue weighted by Crippen LogP contribution is 2.44. The molecule has 4 rings (SSSR count). The Hall–Kier alpha value is -2.31. The van der Waals surface area contributed by atoms with Crippen molar-refractivity contribution >= 4 is 45.6 Å². The van der Waals surface area contributed by atoms with Gasteiger partial charge in [0, 0.05) is 6.54 Å². The molecule has 120 valence electrons. The molecule has 2 aromatic carbocycles. The van der Waals surface area contributed by atoms with Gasteiger partial charge in [0.25, 0.3) is 5.91 Å². The lowest BCUT2D eigenvalue weighted by atomic mass is 10.3. The van der Waals surface area contributed by atoms with Gasteiger partial charge in [-0.05, 0) is 43.0 Å². The van der Waals surface area contributed by atoms with E-state index in [0.29, 0.717) is 21.7 Å². The first-order valence-electron chi connectivity index (χ1n) is 7.60. The molecular weight excluding hydrogens is 340 g/mol. The molecule has 1 saturated heterocycles. The van der Waals surface area contributed by atoms with Crippen LogP contribution < -0.4 is 14.5 Å². The molecule has 24 heavy (non-hydrogen) atoms. The predicted octanol–water partition coefficient (Wildman–Crippen LogP) is 4.14. The molecule has 0 N–H and O–H groups in total. The van der Waals surface area contributed by atoms with Crippen molar-refractivity contribution in [3.8, 4) is 5.75 Å². The lowest BCUT2D eigenvalue weighted by molar-refractivity contribution is -0.113. The number of thiocarbonyl (C=S) groups is 1. The normalized spacial score (nSPS) is 19.7. The van der Waals surface area contributed by atoms with Crippen molar-refractivity contribution < 1.29 is 9.53 Å². The first kappa shape index (κ1) is 15.2. The van der Waals surface area contributed by atoms with Gasteiger partial charge in [-0.25, -0.2) is 0 Å². The number of hydrogen-bond acceptors (Lipinski definition) is 5. The second kappa shape index (κ2) is 5.96. The van der Waals surface area contributed by atoms with Crippen LogP contribution in [0.25, 0.3) is 0 Å². The Morgan fingerprint density at radius 3 is 2.54 bits per heavy atom. The summed E-state index contributed by atoms with van der Waals surface area (Å²) in [6.07, 6.45) is 0. The fourth-order valence-electron chi connectivity index (χ4n) is 2.81. The minimum atomic E-state index is -0.141.